The molecule has 5 nitrogen and oxygen atoms in total. The first-order valence-corrected chi connectivity index (χ1v) is 8.50. The van der Waals surface area contributed by atoms with Gasteiger partial charge in [0.05, 0.1) is 5.69 Å². The van der Waals surface area contributed by atoms with E-state index in [9.17, 15) is 9.59 Å². The number of rotatable bonds is 7. The second kappa shape index (κ2) is 8.62. The summed E-state index contributed by atoms with van der Waals surface area (Å²) < 4.78 is 0. The lowest BCUT2D eigenvalue weighted by Crippen LogP contribution is -2.45. The molecule has 0 spiro atoms. The van der Waals surface area contributed by atoms with E-state index in [4.69, 9.17) is 12.2 Å². The maximum atomic E-state index is 12.4. The zero-order chi connectivity index (χ0) is 16.7. The van der Waals surface area contributed by atoms with Crippen LogP contribution in [0.25, 0.3) is 0 Å². The van der Waals surface area contributed by atoms with Crippen molar-refractivity contribution in [3.8, 4) is 0 Å². The molecule has 0 fully saturated rings. The van der Waals surface area contributed by atoms with Gasteiger partial charge in [0.2, 0.25) is 5.91 Å². The Labute approximate surface area is 142 Å². The SMILES string of the molecule is CCCCCCNC(=S)NC[C@H]1C(=O)Nc2ccccc2C1=O. The average molecular weight is 333 g/mol. The highest BCUT2D eigenvalue weighted by molar-refractivity contribution is 7.80. The van der Waals surface area contributed by atoms with E-state index in [1.165, 1.54) is 19.3 Å². The number of Topliss-reactive ketones (excluding diaryl/α,β-unsaturated/α-hetero) is 1. The highest BCUT2D eigenvalue weighted by Crippen LogP contribution is 2.24. The summed E-state index contributed by atoms with van der Waals surface area (Å²) in [4.78, 5) is 24.5. The van der Waals surface area contributed by atoms with Gasteiger partial charge in [-0.1, -0.05) is 38.3 Å². The zero-order valence-corrected chi connectivity index (χ0v) is 14.2. The van der Waals surface area contributed by atoms with Crippen molar-refractivity contribution in [1.29, 1.82) is 0 Å². The lowest BCUT2D eigenvalue weighted by atomic mass is 9.91. The summed E-state index contributed by atoms with van der Waals surface area (Å²) in [6, 6.07) is 7.05. The number of para-hydroxylation sites is 1. The van der Waals surface area contributed by atoms with Crippen LogP contribution in [0.2, 0.25) is 0 Å². The van der Waals surface area contributed by atoms with Gasteiger partial charge in [0, 0.05) is 18.7 Å². The molecule has 1 atom stereocenters. The predicted octanol–water partition coefficient (Wildman–Crippen LogP) is 2.48. The summed E-state index contributed by atoms with van der Waals surface area (Å²) in [5.74, 6) is -1.20. The number of carbonyl (C=O) groups excluding carboxylic acids is 2. The van der Waals surface area contributed by atoms with Crippen LogP contribution in [0.5, 0.6) is 0 Å². The zero-order valence-electron chi connectivity index (χ0n) is 13.4. The predicted molar refractivity (Wildman–Crippen MR) is 95.6 cm³/mol. The number of thiocarbonyl (C=S) groups is 1. The van der Waals surface area contributed by atoms with Crippen LogP contribution >= 0.6 is 12.2 Å². The van der Waals surface area contributed by atoms with Gasteiger partial charge in [-0.25, -0.2) is 0 Å². The summed E-state index contributed by atoms with van der Waals surface area (Å²) in [5, 5.41) is 9.33. The highest BCUT2D eigenvalue weighted by Gasteiger charge is 2.33. The summed E-state index contributed by atoms with van der Waals surface area (Å²) in [7, 11) is 0. The van der Waals surface area contributed by atoms with E-state index in [1.807, 2.05) is 0 Å². The Kier molecular flexibility index (Phi) is 6.52. The Balaban J connectivity index is 1.80. The third-order valence-electron chi connectivity index (χ3n) is 3.87. The van der Waals surface area contributed by atoms with E-state index < -0.39 is 5.92 Å². The second-order valence-electron chi connectivity index (χ2n) is 5.65. The number of carbonyl (C=O) groups is 2. The fraction of sp³-hybridized carbons (Fsp3) is 0.471. The number of amides is 1. The van der Waals surface area contributed by atoms with Gasteiger partial charge in [-0.2, -0.15) is 0 Å². The van der Waals surface area contributed by atoms with E-state index in [1.54, 1.807) is 24.3 Å². The van der Waals surface area contributed by atoms with Crippen molar-refractivity contribution in [3.05, 3.63) is 29.8 Å². The molecule has 0 aromatic heterocycles. The van der Waals surface area contributed by atoms with Crippen LogP contribution in [0.3, 0.4) is 0 Å². The molecule has 0 bridgehead atoms. The third kappa shape index (κ3) is 4.76. The fourth-order valence-corrected chi connectivity index (χ4v) is 2.72. The van der Waals surface area contributed by atoms with Crippen LogP contribution in [0.1, 0.15) is 43.0 Å². The molecule has 3 N–H and O–H groups in total. The number of hydrogen-bond acceptors (Lipinski definition) is 3. The molecule has 1 aliphatic rings. The topological polar surface area (TPSA) is 70.2 Å². The Morgan fingerprint density at radius 2 is 1.96 bits per heavy atom. The molecule has 0 radical (unpaired) electrons. The molecule has 2 rings (SSSR count). The third-order valence-corrected chi connectivity index (χ3v) is 4.15. The molecule has 0 aliphatic carbocycles. The maximum Gasteiger partial charge on any atom is 0.237 e. The Hall–Kier alpha value is -1.95. The van der Waals surface area contributed by atoms with Crippen molar-refractivity contribution < 1.29 is 9.59 Å². The number of benzene rings is 1. The van der Waals surface area contributed by atoms with Gasteiger partial charge in [-0.3, -0.25) is 9.59 Å². The van der Waals surface area contributed by atoms with Crippen molar-refractivity contribution in [2.75, 3.05) is 18.4 Å². The summed E-state index contributed by atoms with van der Waals surface area (Å²) in [6.07, 6.45) is 4.65. The smallest absolute Gasteiger partial charge is 0.237 e. The first kappa shape index (κ1) is 17.4. The van der Waals surface area contributed by atoms with Crippen LogP contribution in [0, 0.1) is 5.92 Å². The van der Waals surface area contributed by atoms with Crippen molar-refractivity contribution >= 4 is 34.7 Å². The average Bonchev–Trinajstić information content (AvgIpc) is 2.54. The van der Waals surface area contributed by atoms with E-state index in [0.29, 0.717) is 16.4 Å². The van der Waals surface area contributed by atoms with Gasteiger partial charge in [0.15, 0.2) is 10.9 Å². The molecule has 1 amide bonds. The summed E-state index contributed by atoms with van der Waals surface area (Å²) in [5.41, 5.74) is 1.13. The van der Waals surface area contributed by atoms with Crippen LogP contribution in [-0.2, 0) is 4.79 Å². The molecule has 1 heterocycles. The molecule has 0 unspecified atom stereocenters. The lowest BCUT2D eigenvalue weighted by Gasteiger charge is -2.24. The molecule has 0 saturated carbocycles. The largest absolute Gasteiger partial charge is 0.363 e. The fourth-order valence-electron chi connectivity index (χ4n) is 2.53. The number of unbranched alkanes of at least 4 members (excludes halogenated alkanes) is 3. The molecule has 124 valence electrons. The second-order valence-corrected chi connectivity index (χ2v) is 6.06. The summed E-state index contributed by atoms with van der Waals surface area (Å²) >= 11 is 5.19. The molecule has 23 heavy (non-hydrogen) atoms. The van der Waals surface area contributed by atoms with Crippen molar-refractivity contribution in [2.45, 2.75) is 32.6 Å². The Bertz CT molecular complexity index is 589. The molecule has 1 aliphatic heterocycles. The molecule has 1 aromatic rings. The molecule has 6 heteroatoms. The van der Waals surface area contributed by atoms with Crippen LogP contribution in [0.15, 0.2) is 24.3 Å². The number of hydrogen-bond donors (Lipinski definition) is 3. The molecule has 0 saturated heterocycles. The van der Waals surface area contributed by atoms with Gasteiger partial charge in [-0.15, -0.1) is 0 Å². The van der Waals surface area contributed by atoms with Crippen LogP contribution < -0.4 is 16.0 Å². The molecular weight excluding hydrogens is 310 g/mol. The number of ketones is 1. The maximum absolute atomic E-state index is 12.4. The number of nitrogens with one attached hydrogen (secondary N) is 3. The Morgan fingerprint density at radius 1 is 1.17 bits per heavy atom. The monoisotopic (exact) mass is 333 g/mol. The van der Waals surface area contributed by atoms with E-state index in [2.05, 4.69) is 22.9 Å². The quantitative estimate of drug-likeness (QED) is 0.406. The van der Waals surface area contributed by atoms with E-state index >= 15 is 0 Å². The van der Waals surface area contributed by atoms with Crippen LogP contribution in [0.4, 0.5) is 5.69 Å². The van der Waals surface area contributed by atoms with Gasteiger partial charge in [0.1, 0.15) is 5.92 Å². The van der Waals surface area contributed by atoms with E-state index in [-0.39, 0.29) is 18.2 Å². The van der Waals surface area contributed by atoms with Crippen molar-refractivity contribution in [2.24, 2.45) is 5.92 Å². The van der Waals surface area contributed by atoms with Gasteiger partial charge in [0.25, 0.3) is 0 Å². The van der Waals surface area contributed by atoms with Gasteiger partial charge < -0.3 is 16.0 Å². The van der Waals surface area contributed by atoms with Crippen molar-refractivity contribution in [1.82, 2.24) is 10.6 Å². The Morgan fingerprint density at radius 3 is 2.74 bits per heavy atom. The van der Waals surface area contributed by atoms with Crippen LogP contribution in [-0.4, -0.2) is 29.9 Å². The van der Waals surface area contributed by atoms with Crippen molar-refractivity contribution in [3.63, 3.8) is 0 Å². The standard InChI is InChI=1S/C17H23N3O2S/c1-2-3-4-7-10-18-17(23)19-11-13-15(21)12-8-5-6-9-14(12)20-16(13)22/h5-6,8-9,13H,2-4,7,10-11H2,1H3,(H,20,22)(H2,18,19,23)/t13-/m1/s1. The minimum Gasteiger partial charge on any atom is -0.363 e. The summed E-state index contributed by atoms with van der Waals surface area (Å²) in [6.45, 7) is 3.18. The number of fused-ring (bicyclic) bond motifs is 1. The number of anilines is 1. The lowest BCUT2D eigenvalue weighted by molar-refractivity contribution is -0.118. The molecule has 1 aromatic carbocycles. The normalized spacial score (nSPS) is 16.5. The highest BCUT2D eigenvalue weighted by atomic mass is 32.1. The first-order valence-electron chi connectivity index (χ1n) is 8.09. The molecular formula is C17H23N3O2S. The van der Waals surface area contributed by atoms with Gasteiger partial charge >= 0.3 is 0 Å². The van der Waals surface area contributed by atoms with Gasteiger partial charge in [-0.05, 0) is 30.8 Å². The van der Waals surface area contributed by atoms with E-state index in [0.717, 1.165) is 13.0 Å². The minimum absolute atomic E-state index is 0.164. The first-order chi connectivity index (χ1) is 11.1. The minimum atomic E-state index is -0.746.